The van der Waals surface area contributed by atoms with E-state index >= 15 is 0 Å². The van der Waals surface area contributed by atoms with Gasteiger partial charge in [0.1, 0.15) is 11.8 Å². The van der Waals surface area contributed by atoms with Crippen LogP contribution in [0.2, 0.25) is 10.0 Å². The molecule has 0 radical (unpaired) electrons. The van der Waals surface area contributed by atoms with Crippen molar-refractivity contribution in [3.05, 3.63) is 92.0 Å². The monoisotopic (exact) mass is 598 g/mol. The molecule has 0 bridgehead atoms. The molecular formula is C28H21BrCl2N2O4. The maximum absolute atomic E-state index is 12.9. The highest BCUT2D eigenvalue weighted by atomic mass is 79.9. The number of carbonyl (C=O) groups excluding carboxylic acids is 1. The van der Waals surface area contributed by atoms with Gasteiger partial charge >= 0.3 is 5.97 Å². The van der Waals surface area contributed by atoms with Crippen molar-refractivity contribution in [1.82, 2.24) is 10.3 Å². The minimum Gasteiger partial charge on any atom is -0.493 e. The highest BCUT2D eigenvalue weighted by Crippen LogP contribution is 2.42. The Morgan fingerprint density at radius 2 is 1.84 bits per heavy atom. The van der Waals surface area contributed by atoms with Crippen LogP contribution in [0.1, 0.15) is 27.9 Å². The molecule has 1 atom stereocenters. The van der Waals surface area contributed by atoms with Gasteiger partial charge in [0.15, 0.2) is 0 Å². The molecule has 2 N–H and O–H groups in total. The summed E-state index contributed by atoms with van der Waals surface area (Å²) < 4.78 is 6.97. The van der Waals surface area contributed by atoms with Gasteiger partial charge in [-0.15, -0.1) is 0 Å². The summed E-state index contributed by atoms with van der Waals surface area (Å²) in [7, 11) is 0. The third-order valence-electron chi connectivity index (χ3n) is 6.39. The number of amides is 1. The summed E-state index contributed by atoms with van der Waals surface area (Å²) >= 11 is 16.0. The van der Waals surface area contributed by atoms with Crippen molar-refractivity contribution >= 4 is 61.8 Å². The fourth-order valence-corrected chi connectivity index (χ4v) is 5.84. The smallest absolute Gasteiger partial charge is 0.326 e. The van der Waals surface area contributed by atoms with E-state index in [1.165, 1.54) is 12.1 Å². The van der Waals surface area contributed by atoms with Crippen molar-refractivity contribution < 1.29 is 19.4 Å². The minimum absolute atomic E-state index is 0.0463. The molecule has 9 heteroatoms. The molecular weight excluding hydrogens is 579 g/mol. The van der Waals surface area contributed by atoms with Crippen molar-refractivity contribution in [2.24, 2.45) is 0 Å². The number of hydrogen-bond acceptors (Lipinski definition) is 4. The minimum atomic E-state index is -1.19. The zero-order chi connectivity index (χ0) is 26.1. The van der Waals surface area contributed by atoms with Crippen molar-refractivity contribution in [2.45, 2.75) is 25.3 Å². The molecule has 3 aromatic carbocycles. The van der Waals surface area contributed by atoms with Gasteiger partial charge < -0.3 is 15.2 Å². The molecule has 6 nitrogen and oxygen atoms in total. The van der Waals surface area contributed by atoms with Crippen molar-refractivity contribution in [2.75, 3.05) is 6.61 Å². The van der Waals surface area contributed by atoms with Gasteiger partial charge in [0.2, 0.25) is 0 Å². The van der Waals surface area contributed by atoms with E-state index in [1.54, 1.807) is 6.07 Å². The lowest BCUT2D eigenvalue weighted by Gasteiger charge is -2.25. The highest BCUT2D eigenvalue weighted by molar-refractivity contribution is 9.10. The fraction of sp³-hybridized carbons (Fsp3) is 0.179. The molecule has 5 rings (SSSR count). The molecule has 0 fully saturated rings. The van der Waals surface area contributed by atoms with Crippen LogP contribution in [0.5, 0.6) is 5.75 Å². The van der Waals surface area contributed by atoms with Crippen LogP contribution in [-0.4, -0.2) is 34.6 Å². The standard InChI is InChI=1S/C28H21BrCl2N2O4/c29-24-17-6-2-1-5-16(17)14-32-25(24)19-11-10-15(18-7-4-12-37-26(18)19)13-22(28(35)36)33-27(34)23-20(30)8-3-9-21(23)31/h1-3,5-6,8-11,14,22H,4,7,12-13H2,(H,33,34)(H,35,36). The number of nitrogens with zero attached hydrogens (tertiary/aromatic N) is 1. The largest absolute Gasteiger partial charge is 0.493 e. The third-order valence-corrected chi connectivity index (χ3v) is 7.82. The number of nitrogens with one attached hydrogen (secondary N) is 1. The van der Waals surface area contributed by atoms with Crippen LogP contribution in [0.15, 0.2) is 65.3 Å². The zero-order valence-electron chi connectivity index (χ0n) is 19.4. The summed E-state index contributed by atoms with van der Waals surface area (Å²) in [4.78, 5) is 29.7. The Morgan fingerprint density at radius 3 is 2.59 bits per heavy atom. The average molecular weight is 600 g/mol. The van der Waals surface area contributed by atoms with Gasteiger partial charge in [0.05, 0.1) is 32.4 Å². The van der Waals surface area contributed by atoms with E-state index in [0.29, 0.717) is 12.4 Å². The number of benzene rings is 3. The van der Waals surface area contributed by atoms with E-state index < -0.39 is 17.9 Å². The summed E-state index contributed by atoms with van der Waals surface area (Å²) in [6.45, 7) is 0.554. The van der Waals surface area contributed by atoms with Crippen LogP contribution in [0.3, 0.4) is 0 Å². The van der Waals surface area contributed by atoms with Crippen molar-refractivity contribution in [1.29, 1.82) is 0 Å². The molecule has 188 valence electrons. The lowest BCUT2D eigenvalue weighted by Crippen LogP contribution is -2.42. The third kappa shape index (κ3) is 5.04. The first kappa shape index (κ1) is 25.5. The maximum atomic E-state index is 12.9. The Balaban J connectivity index is 1.50. The van der Waals surface area contributed by atoms with E-state index in [-0.39, 0.29) is 22.0 Å². The molecule has 1 aliphatic rings. The molecule has 37 heavy (non-hydrogen) atoms. The van der Waals surface area contributed by atoms with Gasteiger partial charge in [0.25, 0.3) is 5.91 Å². The predicted molar refractivity (Wildman–Crippen MR) is 148 cm³/mol. The number of carbonyl (C=O) groups is 2. The summed E-state index contributed by atoms with van der Waals surface area (Å²) in [5.74, 6) is -1.11. The average Bonchev–Trinajstić information content (AvgIpc) is 2.89. The fourth-order valence-electron chi connectivity index (χ4n) is 4.59. The van der Waals surface area contributed by atoms with Crippen molar-refractivity contribution in [3.63, 3.8) is 0 Å². The Labute approximate surface area is 231 Å². The van der Waals surface area contributed by atoms with Gasteiger partial charge in [-0.1, -0.05) is 59.6 Å². The number of fused-ring (bicyclic) bond motifs is 2. The normalized spacial score (nSPS) is 13.5. The molecule has 0 aliphatic carbocycles. The first-order chi connectivity index (χ1) is 17.8. The SMILES string of the molecule is O=C(NC(Cc1ccc(-c2ncc3ccccc3c2Br)c2c1CCCO2)C(=O)O)c1c(Cl)cccc1Cl. The number of carboxylic acid groups (broad SMARTS) is 1. The Morgan fingerprint density at radius 1 is 1.08 bits per heavy atom. The quantitative estimate of drug-likeness (QED) is 0.257. The lowest BCUT2D eigenvalue weighted by atomic mass is 9.91. The van der Waals surface area contributed by atoms with Gasteiger partial charge in [-0.2, -0.15) is 0 Å². The van der Waals surface area contributed by atoms with Gasteiger partial charge in [0, 0.05) is 23.6 Å². The van der Waals surface area contributed by atoms with Crippen LogP contribution in [-0.2, 0) is 17.6 Å². The number of halogens is 3. The second kappa shape index (κ2) is 10.7. The first-order valence-corrected chi connectivity index (χ1v) is 13.2. The van der Waals surface area contributed by atoms with Gasteiger partial charge in [-0.05, 0) is 63.5 Å². The number of rotatable bonds is 6. The van der Waals surface area contributed by atoms with Crippen LogP contribution < -0.4 is 10.1 Å². The van der Waals surface area contributed by atoms with Crippen LogP contribution >= 0.6 is 39.1 Å². The molecule has 1 aromatic heterocycles. The molecule has 1 aliphatic heterocycles. The predicted octanol–water partition coefficient (Wildman–Crippen LogP) is 6.72. The van der Waals surface area contributed by atoms with E-state index in [0.717, 1.165) is 50.5 Å². The second-order valence-electron chi connectivity index (χ2n) is 8.71. The Kier molecular flexibility index (Phi) is 7.38. The highest BCUT2D eigenvalue weighted by Gasteiger charge is 2.28. The van der Waals surface area contributed by atoms with E-state index in [1.807, 2.05) is 42.6 Å². The van der Waals surface area contributed by atoms with Gasteiger partial charge in [-0.25, -0.2) is 4.79 Å². The maximum Gasteiger partial charge on any atom is 0.326 e. The zero-order valence-corrected chi connectivity index (χ0v) is 22.5. The second-order valence-corrected chi connectivity index (χ2v) is 10.3. The summed E-state index contributed by atoms with van der Waals surface area (Å²) in [5.41, 5.74) is 3.33. The molecule has 2 heterocycles. The molecule has 1 unspecified atom stereocenters. The molecule has 1 amide bonds. The topological polar surface area (TPSA) is 88.5 Å². The Hall–Kier alpha value is -3.13. The molecule has 0 saturated heterocycles. The van der Waals surface area contributed by atoms with E-state index in [9.17, 15) is 14.7 Å². The number of ether oxygens (including phenoxy) is 1. The van der Waals surface area contributed by atoms with Crippen LogP contribution in [0, 0.1) is 0 Å². The lowest BCUT2D eigenvalue weighted by molar-refractivity contribution is -0.139. The first-order valence-electron chi connectivity index (χ1n) is 11.6. The summed E-state index contributed by atoms with van der Waals surface area (Å²) in [6, 6.07) is 15.2. The molecule has 0 saturated carbocycles. The molecule has 0 spiro atoms. The van der Waals surface area contributed by atoms with Gasteiger partial charge in [-0.3, -0.25) is 9.78 Å². The number of pyridine rings is 1. The summed E-state index contributed by atoms with van der Waals surface area (Å²) in [5, 5.41) is 14.8. The van der Waals surface area contributed by atoms with Crippen LogP contribution in [0.4, 0.5) is 0 Å². The number of hydrogen-bond donors (Lipinski definition) is 2. The Bertz CT molecular complexity index is 1520. The summed E-state index contributed by atoms with van der Waals surface area (Å²) in [6.07, 6.45) is 3.42. The molecule has 4 aromatic rings. The number of aromatic nitrogens is 1. The number of carboxylic acids is 1. The van der Waals surface area contributed by atoms with Crippen LogP contribution in [0.25, 0.3) is 22.0 Å². The van der Waals surface area contributed by atoms with Crippen molar-refractivity contribution in [3.8, 4) is 17.0 Å². The van der Waals surface area contributed by atoms with E-state index in [2.05, 4.69) is 21.2 Å². The van der Waals surface area contributed by atoms with E-state index in [4.69, 9.17) is 32.9 Å². The number of aliphatic carboxylic acids is 1.